The van der Waals surface area contributed by atoms with Crippen LogP contribution in [0.4, 0.5) is 23.2 Å². The summed E-state index contributed by atoms with van der Waals surface area (Å²) in [6.45, 7) is 3.23. The molecule has 2 bridgehead atoms. The molecule has 4 fully saturated rings. The summed E-state index contributed by atoms with van der Waals surface area (Å²) < 4.78 is 94.7. The molecule has 4 aliphatic rings. The highest BCUT2D eigenvalue weighted by molar-refractivity contribution is 7.89. The van der Waals surface area contributed by atoms with Gasteiger partial charge in [-0.1, -0.05) is 0 Å². The summed E-state index contributed by atoms with van der Waals surface area (Å²) in [7, 11) is -3.61. The summed E-state index contributed by atoms with van der Waals surface area (Å²) in [6, 6.07) is 1.88. The Labute approximate surface area is 192 Å². The van der Waals surface area contributed by atoms with E-state index in [0.717, 1.165) is 11.0 Å². The molecule has 8 nitrogen and oxygen atoms in total. The molecule has 0 unspecified atom stereocenters. The molecule has 1 aromatic carbocycles. The normalized spacial score (nSPS) is 36.6. The van der Waals surface area contributed by atoms with Crippen LogP contribution in [-0.2, 0) is 30.5 Å². The van der Waals surface area contributed by atoms with Crippen LogP contribution < -0.4 is 9.62 Å². The number of amides is 1. The number of sulfonamides is 1. The molecule has 4 saturated heterocycles. The predicted octanol–water partition coefficient (Wildman–Crippen LogP) is 2.28. The number of rotatable bonds is 4. The van der Waals surface area contributed by atoms with Crippen LogP contribution in [0, 0.1) is 29.0 Å². The molecule has 184 valence electrons. The molecule has 1 aromatic rings. The van der Waals surface area contributed by atoms with Gasteiger partial charge >= 0.3 is 6.18 Å². The van der Waals surface area contributed by atoms with E-state index in [9.17, 15) is 30.8 Å². The van der Waals surface area contributed by atoms with Gasteiger partial charge in [0.1, 0.15) is 23.7 Å². The Morgan fingerprint density at radius 2 is 2.06 bits per heavy atom. The van der Waals surface area contributed by atoms with E-state index in [1.165, 1.54) is 13.0 Å². The first kappa shape index (κ1) is 23.5. The predicted molar refractivity (Wildman–Crippen MR) is 108 cm³/mol. The first-order chi connectivity index (χ1) is 15.8. The van der Waals surface area contributed by atoms with Crippen LogP contribution in [0.25, 0.3) is 0 Å². The van der Waals surface area contributed by atoms with E-state index in [1.807, 2.05) is 0 Å². The number of nitrogens with one attached hydrogen (secondary N) is 1. The summed E-state index contributed by atoms with van der Waals surface area (Å²) in [5, 5.41) is 9.03. The minimum absolute atomic E-state index is 0.0585. The number of carbonyl (C=O) groups excluding carboxylic acids is 1. The Morgan fingerprint density at radius 1 is 1.35 bits per heavy atom. The van der Waals surface area contributed by atoms with Crippen molar-refractivity contribution in [3.63, 3.8) is 0 Å². The molecular formula is C21H21F4N3O5S. The Bertz CT molecular complexity index is 1230. The van der Waals surface area contributed by atoms with Gasteiger partial charge in [-0.25, -0.2) is 17.5 Å². The topological polar surface area (TPSA) is 109 Å². The van der Waals surface area contributed by atoms with E-state index < -0.39 is 74.4 Å². The molecule has 1 amide bonds. The third-order valence-corrected chi connectivity index (χ3v) is 8.93. The maximum absolute atomic E-state index is 14.6. The number of fused-ring (bicyclic) bond motifs is 2. The SMILES string of the molecule is CCS(=O)(=O)N[C@@H]1C[C@@]2(C)O[C@@]13CCO[C@H]1[C@@H]3[C@@H]2C(=O)N1c1cc(F)c(C#N)c(C(F)(F)F)c1. The lowest BCUT2D eigenvalue weighted by Crippen LogP contribution is -2.61. The molecule has 0 radical (unpaired) electrons. The quantitative estimate of drug-likeness (QED) is 0.632. The third kappa shape index (κ3) is 3.05. The highest BCUT2D eigenvalue weighted by Crippen LogP contribution is 2.65. The van der Waals surface area contributed by atoms with Crippen molar-refractivity contribution in [1.29, 1.82) is 5.26 Å². The van der Waals surface area contributed by atoms with Gasteiger partial charge in [0.2, 0.25) is 15.9 Å². The van der Waals surface area contributed by atoms with Gasteiger partial charge in [0.25, 0.3) is 0 Å². The zero-order chi connectivity index (χ0) is 24.8. The van der Waals surface area contributed by atoms with Crippen LogP contribution in [0.3, 0.4) is 0 Å². The van der Waals surface area contributed by atoms with Crippen molar-refractivity contribution in [2.75, 3.05) is 17.3 Å². The molecule has 0 aliphatic carbocycles. The second kappa shape index (κ2) is 7.13. The number of alkyl halides is 3. The fourth-order valence-corrected chi connectivity index (χ4v) is 7.11. The van der Waals surface area contributed by atoms with Crippen molar-refractivity contribution >= 4 is 21.6 Å². The lowest BCUT2D eigenvalue weighted by Gasteiger charge is -2.45. The number of hydrogen-bond acceptors (Lipinski definition) is 6. The van der Waals surface area contributed by atoms with Gasteiger partial charge in [-0.3, -0.25) is 9.69 Å². The van der Waals surface area contributed by atoms with Gasteiger partial charge in [-0.15, -0.1) is 0 Å². The number of halogens is 4. The van der Waals surface area contributed by atoms with E-state index in [4.69, 9.17) is 14.7 Å². The van der Waals surface area contributed by atoms with Gasteiger partial charge in [0.15, 0.2) is 0 Å². The van der Waals surface area contributed by atoms with Gasteiger partial charge in [-0.2, -0.15) is 18.4 Å². The van der Waals surface area contributed by atoms with Gasteiger partial charge < -0.3 is 9.47 Å². The lowest BCUT2D eigenvalue weighted by molar-refractivity contribution is -0.143. The van der Waals surface area contributed by atoms with E-state index in [-0.39, 0.29) is 30.9 Å². The van der Waals surface area contributed by atoms with Gasteiger partial charge in [0.05, 0.1) is 41.1 Å². The third-order valence-electron chi connectivity index (χ3n) is 7.52. The highest BCUT2D eigenvalue weighted by Gasteiger charge is 2.78. The smallest absolute Gasteiger partial charge is 0.366 e. The molecular weight excluding hydrogens is 482 g/mol. The largest absolute Gasteiger partial charge is 0.417 e. The Hall–Kier alpha value is -2.27. The summed E-state index contributed by atoms with van der Waals surface area (Å²) >= 11 is 0. The van der Waals surface area contributed by atoms with Crippen molar-refractivity contribution in [2.24, 2.45) is 11.8 Å². The second-order valence-corrected chi connectivity index (χ2v) is 11.4. The number of carbonyl (C=O) groups is 1. The Kier molecular flexibility index (Phi) is 4.92. The van der Waals surface area contributed by atoms with E-state index in [0.29, 0.717) is 6.07 Å². The number of benzene rings is 1. The molecule has 4 heterocycles. The van der Waals surface area contributed by atoms with Crippen LogP contribution in [0.15, 0.2) is 12.1 Å². The Balaban J connectivity index is 1.61. The van der Waals surface area contributed by atoms with E-state index >= 15 is 0 Å². The van der Waals surface area contributed by atoms with Gasteiger partial charge in [0, 0.05) is 18.0 Å². The first-order valence-corrected chi connectivity index (χ1v) is 12.4. The molecule has 1 N–H and O–H groups in total. The molecule has 0 aromatic heterocycles. The van der Waals surface area contributed by atoms with Crippen molar-refractivity contribution in [3.8, 4) is 6.07 Å². The maximum Gasteiger partial charge on any atom is 0.417 e. The minimum Gasteiger partial charge on any atom is -0.366 e. The van der Waals surface area contributed by atoms with E-state index in [2.05, 4.69) is 4.72 Å². The van der Waals surface area contributed by atoms with Crippen molar-refractivity contribution in [1.82, 2.24) is 4.72 Å². The van der Waals surface area contributed by atoms with Crippen LogP contribution in [0.5, 0.6) is 0 Å². The molecule has 5 rings (SSSR count). The molecule has 6 atom stereocenters. The van der Waals surface area contributed by atoms with Gasteiger partial charge in [-0.05, 0) is 32.4 Å². The number of ether oxygens (including phenoxy) is 2. The fraction of sp³-hybridized carbons (Fsp3) is 0.619. The van der Waals surface area contributed by atoms with Crippen LogP contribution in [0.1, 0.15) is 37.8 Å². The lowest BCUT2D eigenvalue weighted by atomic mass is 9.64. The average Bonchev–Trinajstić information content (AvgIpc) is 3.30. The average molecular weight is 503 g/mol. The maximum atomic E-state index is 14.6. The molecule has 13 heteroatoms. The van der Waals surface area contributed by atoms with Crippen molar-refractivity contribution in [3.05, 3.63) is 29.1 Å². The van der Waals surface area contributed by atoms with Crippen molar-refractivity contribution < 1.29 is 40.2 Å². The Morgan fingerprint density at radius 3 is 2.68 bits per heavy atom. The van der Waals surface area contributed by atoms with E-state index in [1.54, 1.807) is 6.92 Å². The summed E-state index contributed by atoms with van der Waals surface area (Å²) in [5.74, 6) is -3.63. The summed E-state index contributed by atoms with van der Waals surface area (Å²) in [4.78, 5) is 14.6. The van der Waals surface area contributed by atoms with Crippen LogP contribution >= 0.6 is 0 Å². The molecule has 1 spiro atoms. The number of hydrogen-bond donors (Lipinski definition) is 1. The minimum atomic E-state index is -5.02. The number of anilines is 1. The standard InChI is InChI=1S/C21H21F4N3O5S/c1-3-34(30,31)27-14-8-19(2)15-16-18(32-5-4-20(14,16)33-19)28(17(15)29)10-6-12(21(23,24)25)11(9-26)13(22)7-10/h6-7,14-16,18,27H,3-5,8H2,1-2H3/t14-,15-,16+,18+,19-,20+/m1/s1. The summed E-state index contributed by atoms with van der Waals surface area (Å²) in [5.41, 5.74) is -5.19. The molecule has 0 saturated carbocycles. The number of nitrogens with zero attached hydrogens (tertiary/aromatic N) is 2. The van der Waals surface area contributed by atoms with Crippen LogP contribution in [0.2, 0.25) is 0 Å². The zero-order valence-electron chi connectivity index (χ0n) is 18.1. The summed E-state index contributed by atoms with van der Waals surface area (Å²) in [6.07, 6.45) is -5.61. The highest BCUT2D eigenvalue weighted by atomic mass is 32.2. The first-order valence-electron chi connectivity index (χ1n) is 10.7. The monoisotopic (exact) mass is 503 g/mol. The van der Waals surface area contributed by atoms with Crippen LogP contribution in [-0.4, -0.2) is 50.2 Å². The van der Waals surface area contributed by atoms with Crippen molar-refractivity contribution in [2.45, 2.75) is 56.3 Å². The fourth-order valence-electron chi connectivity index (χ4n) is 6.23. The molecule has 4 aliphatic heterocycles. The zero-order valence-corrected chi connectivity index (χ0v) is 19.0. The second-order valence-electron chi connectivity index (χ2n) is 9.33. The number of nitriles is 1. The molecule has 34 heavy (non-hydrogen) atoms.